The average molecular weight is 1240 g/mol. The molecule has 0 saturated heterocycles. The van der Waals surface area contributed by atoms with Gasteiger partial charge < -0.3 is 56.8 Å². The number of allylic oxidation sites excluding steroid dienone is 1. The number of benzene rings is 5. The molecule has 9 rings (SSSR count). The molecule has 24 heteroatoms. The number of ketones is 2. The van der Waals surface area contributed by atoms with Gasteiger partial charge in [0, 0.05) is 58.3 Å². The van der Waals surface area contributed by atoms with Crippen molar-refractivity contribution in [3.05, 3.63) is 156 Å². The normalized spacial score (nSPS) is 17.4. The third-order valence-electron chi connectivity index (χ3n) is 14.3. The SMILES string of the molecule is C=CC(=O)OCOc1ccc(OC(=O)C2CCC(C(=O)Oc3c4c(c(OC(=O)C5CCC(C(=O)Oc6ccc(OCOC(=O)C=C)c(OCOC(=O)C=C)c6)CC5)c5ccccc35)SC(=C3C(=O)c5ccccc5C3=O)S4)CC2)cc1OCOC(=O)C=C. The fourth-order valence-electron chi connectivity index (χ4n) is 9.77. The summed E-state index contributed by atoms with van der Waals surface area (Å²) in [5.74, 6) is -8.52. The summed E-state index contributed by atoms with van der Waals surface area (Å²) in [6.07, 6.45) is 5.70. The number of esters is 8. The minimum Gasteiger partial charge on any atom is -0.453 e. The van der Waals surface area contributed by atoms with E-state index >= 15 is 0 Å². The van der Waals surface area contributed by atoms with Crippen LogP contribution in [0.2, 0.25) is 0 Å². The Bertz CT molecular complexity index is 3480. The van der Waals surface area contributed by atoms with E-state index in [1.54, 1.807) is 48.5 Å². The molecule has 454 valence electrons. The summed E-state index contributed by atoms with van der Waals surface area (Å²) in [6.45, 7) is 11.2. The molecular weight excluding hydrogens is 1180 g/mol. The number of hydrogen-bond donors (Lipinski definition) is 0. The highest BCUT2D eigenvalue weighted by Gasteiger charge is 2.42. The molecule has 5 aromatic carbocycles. The van der Waals surface area contributed by atoms with E-state index in [-0.39, 0.29) is 114 Å². The molecule has 4 aliphatic rings. The summed E-state index contributed by atoms with van der Waals surface area (Å²) in [4.78, 5) is 131. The van der Waals surface area contributed by atoms with Gasteiger partial charge in [0.2, 0.25) is 27.2 Å². The van der Waals surface area contributed by atoms with E-state index in [1.165, 1.54) is 36.4 Å². The zero-order valence-electron chi connectivity index (χ0n) is 46.8. The first-order valence-corrected chi connectivity index (χ1v) is 28.9. The number of hydrogen-bond acceptors (Lipinski definition) is 24. The molecular formula is C64H54O22S2. The largest absolute Gasteiger partial charge is 0.453 e. The molecule has 0 aromatic heterocycles. The molecule has 0 amide bonds. The second kappa shape index (κ2) is 29.0. The lowest BCUT2D eigenvalue weighted by Gasteiger charge is -2.27. The minimum absolute atomic E-state index is 0.0150. The summed E-state index contributed by atoms with van der Waals surface area (Å²) < 4.78 is 66.1. The minimum atomic E-state index is -0.762. The molecule has 1 heterocycles. The van der Waals surface area contributed by atoms with Gasteiger partial charge in [-0.15, -0.1) is 0 Å². The third kappa shape index (κ3) is 14.8. The van der Waals surface area contributed by atoms with Crippen molar-refractivity contribution in [1.29, 1.82) is 0 Å². The Morgan fingerprint density at radius 1 is 0.409 bits per heavy atom. The summed E-state index contributed by atoms with van der Waals surface area (Å²) in [6, 6.07) is 21.6. The first-order chi connectivity index (χ1) is 42.6. The highest BCUT2D eigenvalue weighted by molar-refractivity contribution is 8.25. The van der Waals surface area contributed by atoms with Gasteiger partial charge >= 0.3 is 47.8 Å². The maximum Gasteiger partial charge on any atom is 0.333 e. The molecule has 0 N–H and O–H groups in total. The molecule has 2 fully saturated rings. The van der Waals surface area contributed by atoms with Gasteiger partial charge in [0.15, 0.2) is 46.1 Å². The number of ether oxygens (including phenoxy) is 12. The van der Waals surface area contributed by atoms with Crippen molar-refractivity contribution in [1.82, 2.24) is 0 Å². The summed E-state index contributed by atoms with van der Waals surface area (Å²) in [5, 5.41) is 0.789. The van der Waals surface area contributed by atoms with Gasteiger partial charge in [0.05, 0.1) is 43.3 Å². The Morgan fingerprint density at radius 2 is 0.716 bits per heavy atom. The molecule has 88 heavy (non-hydrogen) atoms. The van der Waals surface area contributed by atoms with E-state index in [0.29, 0.717) is 24.8 Å². The van der Waals surface area contributed by atoms with Gasteiger partial charge in [-0.2, -0.15) is 0 Å². The van der Waals surface area contributed by atoms with Crippen molar-refractivity contribution in [2.24, 2.45) is 23.7 Å². The molecule has 0 bridgehead atoms. The van der Waals surface area contributed by atoms with E-state index in [4.69, 9.17) is 56.8 Å². The van der Waals surface area contributed by atoms with Crippen LogP contribution in [0.3, 0.4) is 0 Å². The zero-order valence-corrected chi connectivity index (χ0v) is 48.4. The van der Waals surface area contributed by atoms with E-state index < -0.39 is 110 Å². The van der Waals surface area contributed by atoms with Crippen LogP contribution < -0.4 is 37.9 Å². The third-order valence-corrected chi connectivity index (χ3v) is 16.9. The van der Waals surface area contributed by atoms with Crippen LogP contribution >= 0.6 is 23.5 Å². The summed E-state index contributed by atoms with van der Waals surface area (Å²) in [7, 11) is 0. The second-order valence-electron chi connectivity index (χ2n) is 19.6. The number of rotatable bonds is 24. The standard InChI is InChI=1S/C64H54O22S2/c1-5-49(65)79-31-75-45-27-25-39(29-47(45)77-33-81-51(67)7-3)83-60(71)35-17-21-37(22-18-35)62(73)85-56-43-15-11-12-16-44(43)57(59-58(56)87-64(88-59)53-54(69)41-13-9-10-14-42(41)55(53)70)86-63(74)38-23-19-36(20-24-38)61(72)84-40-26-28-46(76-32-80-50(66)6-2)48(30-40)78-34-82-52(68)8-4/h5-16,25-30,35-38H,1-4,17-24,31-34H2. The molecule has 1 aliphatic heterocycles. The van der Waals surface area contributed by atoms with Crippen molar-refractivity contribution in [3.63, 3.8) is 0 Å². The summed E-state index contributed by atoms with van der Waals surface area (Å²) >= 11 is 2.10. The molecule has 22 nitrogen and oxygen atoms in total. The zero-order chi connectivity index (χ0) is 62.4. The van der Waals surface area contributed by atoms with Crippen molar-refractivity contribution in [2.75, 3.05) is 27.2 Å². The Morgan fingerprint density at radius 3 is 1.05 bits per heavy atom. The van der Waals surface area contributed by atoms with E-state index in [0.717, 1.165) is 47.8 Å². The lowest BCUT2D eigenvalue weighted by atomic mass is 9.82. The number of thioether (sulfide) groups is 2. The second-order valence-corrected chi connectivity index (χ2v) is 21.9. The molecule has 2 saturated carbocycles. The van der Waals surface area contributed by atoms with E-state index in [9.17, 15) is 47.9 Å². The lowest BCUT2D eigenvalue weighted by molar-refractivity contribution is -0.146. The Balaban J connectivity index is 0.889. The predicted octanol–water partition coefficient (Wildman–Crippen LogP) is 10.2. The van der Waals surface area contributed by atoms with Crippen LogP contribution in [0.1, 0.15) is 72.1 Å². The van der Waals surface area contributed by atoms with Gasteiger partial charge in [-0.3, -0.25) is 28.8 Å². The van der Waals surface area contributed by atoms with Gasteiger partial charge in [0.1, 0.15) is 11.5 Å². The molecule has 3 aliphatic carbocycles. The van der Waals surface area contributed by atoms with Crippen LogP contribution in [-0.4, -0.2) is 86.5 Å². The van der Waals surface area contributed by atoms with Gasteiger partial charge in [-0.05, 0) is 75.6 Å². The van der Waals surface area contributed by atoms with E-state index in [1.807, 2.05) is 0 Å². The quantitative estimate of drug-likeness (QED) is 0.0139. The lowest BCUT2D eigenvalue weighted by Crippen LogP contribution is -2.31. The number of carbonyl (C=O) groups excluding carboxylic acids is 10. The monoisotopic (exact) mass is 1240 g/mol. The number of carbonyl (C=O) groups is 10. The number of fused-ring (bicyclic) bond motifs is 3. The van der Waals surface area contributed by atoms with Gasteiger partial charge in [0.25, 0.3) is 0 Å². The van der Waals surface area contributed by atoms with Crippen LogP contribution in [-0.2, 0) is 57.3 Å². The average Bonchev–Trinajstić information content (AvgIpc) is 1.60. The van der Waals surface area contributed by atoms with Gasteiger partial charge in [-0.25, -0.2) is 19.2 Å². The Hall–Kier alpha value is -9.94. The highest BCUT2D eigenvalue weighted by atomic mass is 32.2. The Kier molecular flexibility index (Phi) is 20.6. The maximum absolute atomic E-state index is 14.4. The van der Waals surface area contributed by atoms with Crippen molar-refractivity contribution in [3.8, 4) is 46.0 Å². The van der Waals surface area contributed by atoms with Crippen LogP contribution in [0.5, 0.6) is 46.0 Å². The molecule has 5 aromatic rings. The molecule has 0 atom stereocenters. The number of Topliss-reactive ketones (excluding diaryl/α,β-unsaturated/α-hetero) is 2. The van der Waals surface area contributed by atoms with Crippen molar-refractivity contribution < 1.29 is 105 Å². The molecule has 0 spiro atoms. The van der Waals surface area contributed by atoms with Crippen LogP contribution in [0.4, 0.5) is 0 Å². The van der Waals surface area contributed by atoms with Crippen molar-refractivity contribution >= 4 is 93.6 Å². The summed E-state index contributed by atoms with van der Waals surface area (Å²) in [5.41, 5.74) is 0.394. The predicted molar refractivity (Wildman–Crippen MR) is 311 cm³/mol. The van der Waals surface area contributed by atoms with Crippen LogP contribution in [0, 0.1) is 23.7 Å². The van der Waals surface area contributed by atoms with Crippen LogP contribution in [0.25, 0.3) is 10.8 Å². The first kappa shape index (κ1) is 62.6. The fourth-order valence-corrected chi connectivity index (χ4v) is 12.5. The van der Waals surface area contributed by atoms with Crippen LogP contribution in [0.15, 0.2) is 155 Å². The first-order valence-electron chi connectivity index (χ1n) is 27.3. The topological polar surface area (TPSA) is 281 Å². The fraction of sp³-hybridized carbons (Fsp3) is 0.250. The smallest absolute Gasteiger partial charge is 0.333 e. The Labute approximate surface area is 510 Å². The van der Waals surface area contributed by atoms with E-state index in [2.05, 4.69) is 26.3 Å². The molecule has 0 unspecified atom stereocenters. The maximum atomic E-state index is 14.4. The highest BCUT2D eigenvalue weighted by Crippen LogP contribution is 2.62. The van der Waals surface area contributed by atoms with Crippen molar-refractivity contribution in [2.45, 2.75) is 61.2 Å². The van der Waals surface area contributed by atoms with Gasteiger partial charge in [-0.1, -0.05) is 98.4 Å². The molecule has 0 radical (unpaired) electrons.